The van der Waals surface area contributed by atoms with Crippen molar-refractivity contribution in [1.82, 2.24) is 10.2 Å². The van der Waals surface area contributed by atoms with E-state index in [0.717, 1.165) is 25.1 Å². The average molecular weight is 195 g/mol. The lowest BCUT2D eigenvalue weighted by atomic mass is 10.2. The highest BCUT2D eigenvalue weighted by atomic mass is 16.2. The Hall–Kier alpha value is -1.32. The number of nitrogens with one attached hydrogen (secondary N) is 1. The summed E-state index contributed by atoms with van der Waals surface area (Å²) in [5, 5.41) is 2.76. The topological polar surface area (TPSA) is 44.7 Å². The predicted molar refractivity (Wildman–Crippen MR) is 56.9 cm³/mol. The van der Waals surface area contributed by atoms with Crippen LogP contribution < -0.4 is 5.32 Å². The molecule has 1 rings (SSSR count). The van der Waals surface area contributed by atoms with Crippen LogP contribution in [-0.2, 0) is 4.79 Å². The first kappa shape index (κ1) is 10.8. The maximum atomic E-state index is 11.4. The number of carbonyl (C=O) groups is 1. The number of amidine groups is 1. The maximum absolute atomic E-state index is 11.4. The van der Waals surface area contributed by atoms with Gasteiger partial charge >= 0.3 is 0 Å². The summed E-state index contributed by atoms with van der Waals surface area (Å²) in [5.41, 5.74) is 0.501. The molecule has 14 heavy (non-hydrogen) atoms. The van der Waals surface area contributed by atoms with E-state index < -0.39 is 0 Å². The largest absolute Gasteiger partial charge is 0.382 e. The Morgan fingerprint density at radius 1 is 1.50 bits per heavy atom. The van der Waals surface area contributed by atoms with Crippen LogP contribution in [0, 0.1) is 0 Å². The molecule has 1 aliphatic rings. The van der Waals surface area contributed by atoms with Crippen molar-refractivity contribution >= 4 is 11.7 Å². The van der Waals surface area contributed by atoms with Gasteiger partial charge < -0.3 is 10.2 Å². The van der Waals surface area contributed by atoms with Crippen LogP contribution in [0.15, 0.2) is 16.9 Å². The molecular formula is C10H17N3O. The smallest absolute Gasteiger partial charge is 0.276 e. The summed E-state index contributed by atoms with van der Waals surface area (Å²) in [4.78, 5) is 17.4. The monoisotopic (exact) mass is 195 g/mol. The Morgan fingerprint density at radius 2 is 2.21 bits per heavy atom. The van der Waals surface area contributed by atoms with Crippen LogP contribution in [0.1, 0.15) is 26.2 Å². The molecule has 78 valence electrons. The van der Waals surface area contributed by atoms with Crippen molar-refractivity contribution in [3.05, 3.63) is 11.9 Å². The van der Waals surface area contributed by atoms with Gasteiger partial charge in [0.25, 0.3) is 5.91 Å². The molecule has 0 atom stereocenters. The molecule has 0 aromatic heterocycles. The number of rotatable bonds is 4. The summed E-state index contributed by atoms with van der Waals surface area (Å²) >= 11 is 0. The molecular weight excluding hydrogens is 178 g/mol. The Kier molecular flexibility index (Phi) is 3.68. The van der Waals surface area contributed by atoms with Crippen LogP contribution in [0.25, 0.3) is 0 Å². The molecule has 4 nitrogen and oxygen atoms in total. The Labute approximate surface area is 84.7 Å². The number of hydrogen-bond donors (Lipinski definition) is 1. The minimum Gasteiger partial charge on any atom is -0.382 e. The number of carbonyl (C=O) groups excluding carboxylic acids is 1. The second-order valence-corrected chi connectivity index (χ2v) is 3.59. The molecule has 0 unspecified atom stereocenters. The maximum Gasteiger partial charge on any atom is 0.276 e. The molecule has 1 amide bonds. The summed E-state index contributed by atoms with van der Waals surface area (Å²) in [6, 6.07) is 0. The standard InChI is InChI=1S/C10H17N3O/c1-4-5-6-9-11-8(7-13(2)3)10(14)12-9/h7H,4-6H2,1-3H3,(H,11,12,14). The first-order valence-electron chi connectivity index (χ1n) is 4.90. The molecule has 0 bridgehead atoms. The summed E-state index contributed by atoms with van der Waals surface area (Å²) in [5.74, 6) is 0.703. The quantitative estimate of drug-likeness (QED) is 0.683. The zero-order valence-electron chi connectivity index (χ0n) is 9.00. The van der Waals surface area contributed by atoms with Crippen LogP contribution in [0.3, 0.4) is 0 Å². The van der Waals surface area contributed by atoms with Crippen molar-refractivity contribution in [1.29, 1.82) is 0 Å². The SMILES string of the molecule is CCCCC1=NC(=CN(C)C)C(=O)N1. The highest BCUT2D eigenvalue weighted by Gasteiger charge is 2.19. The van der Waals surface area contributed by atoms with E-state index in [1.807, 2.05) is 19.0 Å². The molecule has 1 aliphatic heterocycles. The fourth-order valence-electron chi connectivity index (χ4n) is 1.21. The van der Waals surface area contributed by atoms with Crippen molar-refractivity contribution in [3.63, 3.8) is 0 Å². The van der Waals surface area contributed by atoms with Gasteiger partial charge in [-0.15, -0.1) is 0 Å². The summed E-state index contributed by atoms with van der Waals surface area (Å²) in [6.07, 6.45) is 4.76. The van der Waals surface area contributed by atoms with E-state index in [4.69, 9.17) is 0 Å². The molecule has 0 aromatic carbocycles. The van der Waals surface area contributed by atoms with Crippen molar-refractivity contribution in [2.45, 2.75) is 26.2 Å². The number of amides is 1. The zero-order chi connectivity index (χ0) is 10.6. The Morgan fingerprint density at radius 3 is 2.79 bits per heavy atom. The Bertz CT molecular complexity index is 279. The number of hydrogen-bond acceptors (Lipinski definition) is 3. The number of unbranched alkanes of at least 4 members (excludes halogenated alkanes) is 1. The van der Waals surface area contributed by atoms with E-state index in [1.165, 1.54) is 0 Å². The van der Waals surface area contributed by atoms with Gasteiger partial charge in [0.15, 0.2) is 0 Å². The molecule has 0 aromatic rings. The van der Waals surface area contributed by atoms with Gasteiger partial charge in [-0.3, -0.25) is 4.79 Å². The van der Waals surface area contributed by atoms with Crippen LogP contribution >= 0.6 is 0 Å². The minimum atomic E-state index is -0.0928. The highest BCUT2D eigenvalue weighted by molar-refractivity contribution is 6.12. The Balaban J connectivity index is 2.62. The molecule has 0 aliphatic carbocycles. The molecule has 0 radical (unpaired) electrons. The van der Waals surface area contributed by atoms with E-state index in [2.05, 4.69) is 17.2 Å². The third kappa shape index (κ3) is 2.87. The molecule has 4 heteroatoms. The fraction of sp³-hybridized carbons (Fsp3) is 0.600. The number of aliphatic imine (C=N–C) groups is 1. The summed E-state index contributed by atoms with van der Waals surface area (Å²) in [7, 11) is 3.75. The van der Waals surface area contributed by atoms with Crippen molar-refractivity contribution in [2.24, 2.45) is 4.99 Å². The predicted octanol–water partition coefficient (Wildman–Crippen LogP) is 1.11. The fourth-order valence-corrected chi connectivity index (χ4v) is 1.21. The first-order chi connectivity index (χ1) is 6.63. The molecule has 0 saturated heterocycles. The summed E-state index contributed by atoms with van der Waals surface area (Å²) < 4.78 is 0. The lowest BCUT2D eigenvalue weighted by Crippen LogP contribution is -2.24. The van der Waals surface area contributed by atoms with E-state index in [-0.39, 0.29) is 5.91 Å². The van der Waals surface area contributed by atoms with Crippen molar-refractivity contribution < 1.29 is 4.79 Å². The van der Waals surface area contributed by atoms with Gasteiger partial charge in [0.05, 0.1) is 0 Å². The summed E-state index contributed by atoms with van der Waals surface area (Å²) in [6.45, 7) is 2.12. The lowest BCUT2D eigenvalue weighted by molar-refractivity contribution is -0.115. The highest BCUT2D eigenvalue weighted by Crippen LogP contribution is 2.08. The van der Waals surface area contributed by atoms with E-state index >= 15 is 0 Å². The number of nitrogens with zero attached hydrogens (tertiary/aromatic N) is 2. The molecule has 0 saturated carbocycles. The van der Waals surface area contributed by atoms with Crippen molar-refractivity contribution in [2.75, 3.05) is 14.1 Å². The van der Waals surface area contributed by atoms with Gasteiger partial charge in [0.1, 0.15) is 11.5 Å². The third-order valence-corrected chi connectivity index (χ3v) is 1.89. The minimum absolute atomic E-state index is 0.0928. The van der Waals surface area contributed by atoms with Crippen LogP contribution in [0.5, 0.6) is 0 Å². The second-order valence-electron chi connectivity index (χ2n) is 3.59. The average Bonchev–Trinajstić information content (AvgIpc) is 2.43. The van der Waals surface area contributed by atoms with Gasteiger partial charge in [-0.25, -0.2) is 4.99 Å². The molecule has 1 heterocycles. The van der Waals surface area contributed by atoms with E-state index in [9.17, 15) is 4.79 Å². The zero-order valence-corrected chi connectivity index (χ0v) is 9.00. The molecule has 1 N–H and O–H groups in total. The van der Waals surface area contributed by atoms with Gasteiger partial charge in [-0.05, 0) is 6.42 Å². The molecule has 0 spiro atoms. The normalized spacial score (nSPS) is 18.4. The van der Waals surface area contributed by atoms with Crippen molar-refractivity contribution in [3.8, 4) is 0 Å². The van der Waals surface area contributed by atoms with Crippen LogP contribution in [0.4, 0.5) is 0 Å². The second kappa shape index (κ2) is 4.79. The van der Waals surface area contributed by atoms with Crippen LogP contribution in [-0.4, -0.2) is 30.7 Å². The first-order valence-corrected chi connectivity index (χ1v) is 4.90. The molecule has 0 fully saturated rings. The van der Waals surface area contributed by atoms with Crippen LogP contribution in [0.2, 0.25) is 0 Å². The lowest BCUT2D eigenvalue weighted by Gasteiger charge is -2.03. The van der Waals surface area contributed by atoms with Gasteiger partial charge in [-0.2, -0.15) is 0 Å². The van der Waals surface area contributed by atoms with E-state index in [1.54, 1.807) is 6.20 Å². The van der Waals surface area contributed by atoms with E-state index in [0.29, 0.717) is 5.70 Å². The van der Waals surface area contributed by atoms with Gasteiger partial charge in [0.2, 0.25) is 0 Å². The third-order valence-electron chi connectivity index (χ3n) is 1.89. The van der Waals surface area contributed by atoms with Gasteiger partial charge in [0, 0.05) is 26.7 Å². The van der Waals surface area contributed by atoms with Gasteiger partial charge in [-0.1, -0.05) is 13.3 Å².